The highest BCUT2D eigenvalue weighted by atomic mass is 16.6. The lowest BCUT2D eigenvalue weighted by molar-refractivity contribution is -0.154. The van der Waals surface area contributed by atoms with Gasteiger partial charge in [-0.05, 0) is 31.5 Å². The molecule has 1 aromatic rings. The van der Waals surface area contributed by atoms with Gasteiger partial charge in [-0.25, -0.2) is 4.79 Å². The Morgan fingerprint density at radius 2 is 1.95 bits per heavy atom. The number of likely N-dealkylation sites (N-methyl/N-ethyl adjacent to an activating group) is 1. The van der Waals surface area contributed by atoms with E-state index in [-0.39, 0.29) is 12.5 Å². The molecule has 0 radical (unpaired) electrons. The molecule has 0 bridgehead atoms. The molecule has 1 atom stereocenters. The zero-order valence-electron chi connectivity index (χ0n) is 12.8. The fraction of sp³-hybridized carbons (Fsp3) is 0.400. The third kappa shape index (κ3) is 6.25. The highest BCUT2D eigenvalue weighted by Gasteiger charge is 2.18. The molecule has 1 aromatic carbocycles. The standard InChI is InChI=1S/C15H20N2O5/c1-10-5-4-6-12(7-10)22-11(2)15(20)21-9-14(19)17-8-13(18)16-3/h4-7,11H,8-9H2,1-3H3,(H,16,18)(H,17,19)/t11-/m1/s1. The first kappa shape index (κ1) is 17.5. The van der Waals surface area contributed by atoms with E-state index in [0.29, 0.717) is 5.75 Å². The van der Waals surface area contributed by atoms with Gasteiger partial charge in [0.05, 0.1) is 6.54 Å². The van der Waals surface area contributed by atoms with E-state index in [1.165, 1.54) is 14.0 Å². The van der Waals surface area contributed by atoms with E-state index in [4.69, 9.17) is 9.47 Å². The van der Waals surface area contributed by atoms with Gasteiger partial charge in [0, 0.05) is 7.05 Å². The predicted molar refractivity (Wildman–Crippen MR) is 79.3 cm³/mol. The minimum atomic E-state index is -0.839. The molecule has 0 spiro atoms. The Morgan fingerprint density at radius 3 is 2.59 bits per heavy atom. The molecule has 0 aliphatic heterocycles. The fourth-order valence-electron chi connectivity index (χ4n) is 1.51. The molecule has 0 unspecified atom stereocenters. The lowest BCUT2D eigenvalue weighted by Crippen LogP contribution is -2.38. The van der Waals surface area contributed by atoms with Gasteiger partial charge in [0.15, 0.2) is 12.7 Å². The Hall–Kier alpha value is -2.57. The van der Waals surface area contributed by atoms with Crippen molar-refractivity contribution < 1.29 is 23.9 Å². The van der Waals surface area contributed by atoms with Crippen molar-refractivity contribution in [2.24, 2.45) is 0 Å². The average molecular weight is 308 g/mol. The molecule has 2 N–H and O–H groups in total. The van der Waals surface area contributed by atoms with Crippen LogP contribution < -0.4 is 15.4 Å². The average Bonchev–Trinajstić information content (AvgIpc) is 2.50. The van der Waals surface area contributed by atoms with Crippen LogP contribution in [0.4, 0.5) is 0 Å². The summed E-state index contributed by atoms with van der Waals surface area (Å²) >= 11 is 0. The van der Waals surface area contributed by atoms with Crippen molar-refractivity contribution in [3.05, 3.63) is 29.8 Å². The first-order valence-electron chi connectivity index (χ1n) is 6.79. The number of benzene rings is 1. The summed E-state index contributed by atoms with van der Waals surface area (Å²) in [6, 6.07) is 7.24. The van der Waals surface area contributed by atoms with Crippen LogP contribution in [0, 0.1) is 6.92 Å². The molecule has 0 saturated carbocycles. The molecular weight excluding hydrogens is 288 g/mol. The Kier molecular flexibility index (Phi) is 6.88. The summed E-state index contributed by atoms with van der Waals surface area (Å²) in [5, 5.41) is 4.67. The molecule has 22 heavy (non-hydrogen) atoms. The molecule has 0 fully saturated rings. The number of rotatable bonds is 7. The van der Waals surface area contributed by atoms with Gasteiger partial charge in [-0.2, -0.15) is 0 Å². The molecule has 0 aliphatic carbocycles. The lowest BCUT2D eigenvalue weighted by atomic mass is 10.2. The molecule has 7 nitrogen and oxygen atoms in total. The van der Waals surface area contributed by atoms with Crippen molar-refractivity contribution in [3.8, 4) is 5.75 Å². The highest BCUT2D eigenvalue weighted by molar-refractivity contribution is 5.86. The van der Waals surface area contributed by atoms with E-state index in [1.54, 1.807) is 12.1 Å². The Morgan fingerprint density at radius 1 is 1.23 bits per heavy atom. The van der Waals surface area contributed by atoms with Crippen molar-refractivity contribution in [3.63, 3.8) is 0 Å². The molecule has 0 aliphatic rings. The predicted octanol–water partition coefficient (Wildman–Crippen LogP) is 0.168. The third-order valence-electron chi connectivity index (χ3n) is 2.70. The summed E-state index contributed by atoms with van der Waals surface area (Å²) in [7, 11) is 1.46. The SMILES string of the molecule is CNC(=O)CNC(=O)COC(=O)[C@@H](C)Oc1cccc(C)c1. The van der Waals surface area contributed by atoms with Crippen molar-refractivity contribution in [1.82, 2.24) is 10.6 Å². The highest BCUT2D eigenvalue weighted by Crippen LogP contribution is 2.14. The van der Waals surface area contributed by atoms with Crippen LogP contribution in [0.2, 0.25) is 0 Å². The van der Waals surface area contributed by atoms with Gasteiger partial charge in [-0.3, -0.25) is 9.59 Å². The molecule has 0 heterocycles. The maximum absolute atomic E-state index is 11.7. The van der Waals surface area contributed by atoms with Gasteiger partial charge in [-0.1, -0.05) is 12.1 Å². The third-order valence-corrected chi connectivity index (χ3v) is 2.70. The second-order valence-electron chi connectivity index (χ2n) is 4.63. The monoisotopic (exact) mass is 308 g/mol. The number of nitrogens with one attached hydrogen (secondary N) is 2. The number of hydrogen-bond donors (Lipinski definition) is 2. The van der Waals surface area contributed by atoms with Crippen LogP contribution >= 0.6 is 0 Å². The summed E-state index contributed by atoms with van der Waals surface area (Å²) in [4.78, 5) is 34.0. The van der Waals surface area contributed by atoms with E-state index < -0.39 is 24.6 Å². The summed E-state index contributed by atoms with van der Waals surface area (Å²) in [6.45, 7) is 2.82. The summed E-state index contributed by atoms with van der Waals surface area (Å²) in [5.41, 5.74) is 1.01. The van der Waals surface area contributed by atoms with Crippen LogP contribution in [-0.2, 0) is 19.1 Å². The van der Waals surface area contributed by atoms with Gasteiger partial charge in [0.25, 0.3) is 5.91 Å². The topological polar surface area (TPSA) is 93.7 Å². The summed E-state index contributed by atoms with van der Waals surface area (Å²) in [5.74, 6) is -0.999. The zero-order valence-corrected chi connectivity index (χ0v) is 12.8. The van der Waals surface area contributed by atoms with Gasteiger partial charge >= 0.3 is 5.97 Å². The van der Waals surface area contributed by atoms with Crippen molar-refractivity contribution in [2.75, 3.05) is 20.2 Å². The zero-order chi connectivity index (χ0) is 16.5. The minimum Gasteiger partial charge on any atom is -0.479 e. The number of carbonyl (C=O) groups is 3. The largest absolute Gasteiger partial charge is 0.479 e. The molecule has 7 heteroatoms. The Labute approximate surface area is 129 Å². The molecule has 0 saturated heterocycles. The summed E-state index contributed by atoms with van der Waals surface area (Å²) < 4.78 is 10.3. The van der Waals surface area contributed by atoms with Crippen LogP contribution in [0.1, 0.15) is 12.5 Å². The van der Waals surface area contributed by atoms with E-state index in [1.807, 2.05) is 19.1 Å². The maximum atomic E-state index is 11.7. The fourth-order valence-corrected chi connectivity index (χ4v) is 1.51. The number of amides is 2. The second-order valence-corrected chi connectivity index (χ2v) is 4.63. The van der Waals surface area contributed by atoms with Crippen molar-refractivity contribution in [2.45, 2.75) is 20.0 Å². The first-order chi connectivity index (χ1) is 10.4. The normalized spacial score (nSPS) is 11.2. The van der Waals surface area contributed by atoms with Crippen LogP contribution in [0.3, 0.4) is 0 Å². The molecule has 120 valence electrons. The smallest absolute Gasteiger partial charge is 0.347 e. The Balaban J connectivity index is 2.35. The van der Waals surface area contributed by atoms with Crippen LogP contribution in [-0.4, -0.2) is 44.1 Å². The van der Waals surface area contributed by atoms with Crippen molar-refractivity contribution >= 4 is 17.8 Å². The van der Waals surface area contributed by atoms with Gasteiger partial charge in [-0.15, -0.1) is 0 Å². The van der Waals surface area contributed by atoms with Gasteiger partial charge < -0.3 is 20.1 Å². The second kappa shape index (κ2) is 8.66. The van der Waals surface area contributed by atoms with Crippen LogP contribution in [0.25, 0.3) is 0 Å². The molecule has 1 rings (SSSR count). The Bertz CT molecular complexity index is 544. The van der Waals surface area contributed by atoms with E-state index in [0.717, 1.165) is 5.56 Å². The number of aryl methyl sites for hydroxylation is 1. The number of carbonyl (C=O) groups excluding carboxylic acids is 3. The molecule has 2 amide bonds. The van der Waals surface area contributed by atoms with Gasteiger partial charge in [0.2, 0.25) is 5.91 Å². The number of ether oxygens (including phenoxy) is 2. The van der Waals surface area contributed by atoms with Gasteiger partial charge in [0.1, 0.15) is 5.75 Å². The summed E-state index contributed by atoms with van der Waals surface area (Å²) in [6.07, 6.45) is -0.839. The lowest BCUT2D eigenvalue weighted by Gasteiger charge is -2.14. The van der Waals surface area contributed by atoms with E-state index in [9.17, 15) is 14.4 Å². The van der Waals surface area contributed by atoms with Crippen LogP contribution in [0.5, 0.6) is 5.75 Å². The number of esters is 1. The van der Waals surface area contributed by atoms with E-state index >= 15 is 0 Å². The molecular formula is C15H20N2O5. The van der Waals surface area contributed by atoms with E-state index in [2.05, 4.69) is 10.6 Å². The van der Waals surface area contributed by atoms with Crippen molar-refractivity contribution in [1.29, 1.82) is 0 Å². The quantitative estimate of drug-likeness (QED) is 0.700. The number of hydrogen-bond acceptors (Lipinski definition) is 5. The first-order valence-corrected chi connectivity index (χ1v) is 6.79. The molecule has 0 aromatic heterocycles. The van der Waals surface area contributed by atoms with Crippen LogP contribution in [0.15, 0.2) is 24.3 Å². The minimum absolute atomic E-state index is 0.164. The maximum Gasteiger partial charge on any atom is 0.347 e.